The van der Waals surface area contributed by atoms with Gasteiger partial charge < -0.3 is 15.2 Å². The summed E-state index contributed by atoms with van der Waals surface area (Å²) >= 11 is 2.61. The highest BCUT2D eigenvalue weighted by Crippen LogP contribution is 2.26. The van der Waals surface area contributed by atoms with Gasteiger partial charge in [0.2, 0.25) is 5.91 Å². The summed E-state index contributed by atoms with van der Waals surface area (Å²) in [5, 5.41) is 16.2. The van der Waals surface area contributed by atoms with Crippen molar-refractivity contribution in [3.05, 3.63) is 53.0 Å². The summed E-state index contributed by atoms with van der Waals surface area (Å²) in [4.78, 5) is 28.7. The van der Waals surface area contributed by atoms with Gasteiger partial charge in [-0.2, -0.15) is 0 Å². The first-order chi connectivity index (χ1) is 14.4. The van der Waals surface area contributed by atoms with Crippen LogP contribution in [0.5, 0.6) is 0 Å². The fourth-order valence-electron chi connectivity index (χ4n) is 2.63. The van der Waals surface area contributed by atoms with Gasteiger partial charge in [0, 0.05) is 17.6 Å². The van der Waals surface area contributed by atoms with E-state index in [0.717, 1.165) is 0 Å². The number of thiazole rings is 1. The van der Waals surface area contributed by atoms with Crippen molar-refractivity contribution in [2.24, 2.45) is 0 Å². The maximum atomic E-state index is 13.8. The summed E-state index contributed by atoms with van der Waals surface area (Å²) < 4.78 is 15.6. The molecular formula is C19H21FN6O2S2. The molecule has 0 aliphatic carbocycles. The molecule has 0 saturated carbocycles. The van der Waals surface area contributed by atoms with Crippen LogP contribution in [0.15, 0.2) is 41.0 Å². The van der Waals surface area contributed by atoms with Gasteiger partial charge in [0.15, 0.2) is 16.1 Å². The molecule has 2 amide bonds. The highest BCUT2D eigenvalue weighted by Gasteiger charge is 2.22. The van der Waals surface area contributed by atoms with Crippen LogP contribution in [0.4, 0.5) is 9.52 Å². The van der Waals surface area contributed by atoms with Crippen molar-refractivity contribution in [3.63, 3.8) is 0 Å². The molecule has 1 atom stereocenters. The fraction of sp³-hybridized carbons (Fsp3) is 0.316. The second kappa shape index (κ2) is 9.81. The fourth-order valence-corrected chi connectivity index (χ4v) is 4.16. The first-order valence-electron chi connectivity index (χ1n) is 9.20. The molecule has 2 heterocycles. The summed E-state index contributed by atoms with van der Waals surface area (Å²) in [6, 6.07) is 5.77. The molecule has 8 nitrogen and oxygen atoms in total. The van der Waals surface area contributed by atoms with E-state index in [4.69, 9.17) is 0 Å². The van der Waals surface area contributed by atoms with Gasteiger partial charge in [0.05, 0.1) is 17.4 Å². The number of hydrogen-bond acceptors (Lipinski definition) is 7. The van der Waals surface area contributed by atoms with Crippen LogP contribution in [0.3, 0.4) is 0 Å². The van der Waals surface area contributed by atoms with Gasteiger partial charge in [-0.3, -0.25) is 9.59 Å². The second-order valence-corrected chi connectivity index (χ2v) is 8.81. The Hall–Kier alpha value is -2.79. The number of nitrogens with one attached hydrogen (secondary N) is 2. The van der Waals surface area contributed by atoms with Crippen LogP contribution < -0.4 is 10.6 Å². The average molecular weight is 449 g/mol. The van der Waals surface area contributed by atoms with Gasteiger partial charge in [0.1, 0.15) is 5.82 Å². The molecule has 0 saturated heterocycles. The van der Waals surface area contributed by atoms with Crippen molar-refractivity contribution in [1.82, 2.24) is 25.1 Å². The van der Waals surface area contributed by atoms with E-state index in [-0.39, 0.29) is 24.1 Å². The summed E-state index contributed by atoms with van der Waals surface area (Å²) in [5.74, 6) is -0.791. The first-order valence-corrected chi connectivity index (χ1v) is 11.0. The van der Waals surface area contributed by atoms with Gasteiger partial charge in [-0.15, -0.1) is 21.5 Å². The van der Waals surface area contributed by atoms with Gasteiger partial charge in [-0.1, -0.05) is 23.9 Å². The Balaban J connectivity index is 1.68. The zero-order chi connectivity index (χ0) is 21.7. The van der Waals surface area contributed by atoms with Crippen molar-refractivity contribution < 1.29 is 14.0 Å². The van der Waals surface area contributed by atoms with E-state index in [0.29, 0.717) is 16.1 Å². The van der Waals surface area contributed by atoms with Crippen LogP contribution in [0.1, 0.15) is 43.0 Å². The molecule has 2 aromatic heterocycles. The number of aromatic nitrogens is 4. The zero-order valence-electron chi connectivity index (χ0n) is 16.6. The third-order valence-corrected chi connectivity index (χ3v) is 5.84. The third-order valence-electron chi connectivity index (χ3n) is 4.09. The highest BCUT2D eigenvalue weighted by molar-refractivity contribution is 8.00. The Morgan fingerprint density at radius 3 is 2.67 bits per heavy atom. The third kappa shape index (κ3) is 5.22. The number of amides is 2. The summed E-state index contributed by atoms with van der Waals surface area (Å²) in [6.45, 7) is 5.76. The molecule has 30 heavy (non-hydrogen) atoms. The molecule has 3 rings (SSSR count). The van der Waals surface area contributed by atoms with Gasteiger partial charge >= 0.3 is 0 Å². The van der Waals surface area contributed by atoms with Crippen LogP contribution in [0, 0.1) is 5.82 Å². The monoisotopic (exact) mass is 448 g/mol. The van der Waals surface area contributed by atoms with Gasteiger partial charge in [-0.05, 0) is 32.9 Å². The van der Waals surface area contributed by atoms with E-state index >= 15 is 0 Å². The van der Waals surface area contributed by atoms with Crippen LogP contribution in [-0.2, 0) is 11.3 Å². The van der Waals surface area contributed by atoms with Crippen molar-refractivity contribution in [1.29, 1.82) is 0 Å². The minimum atomic E-state index is -0.586. The summed E-state index contributed by atoms with van der Waals surface area (Å²) in [5.41, 5.74) is -0.0322. The zero-order valence-corrected chi connectivity index (χ0v) is 18.3. The number of hydrogen-bond donors (Lipinski definition) is 2. The maximum absolute atomic E-state index is 13.8. The molecule has 1 aromatic carbocycles. The molecular weight excluding hydrogens is 427 g/mol. The predicted octanol–water partition coefficient (Wildman–Crippen LogP) is 3.50. The van der Waals surface area contributed by atoms with Crippen LogP contribution in [-0.4, -0.2) is 36.8 Å². The molecule has 3 aromatic rings. The van der Waals surface area contributed by atoms with E-state index in [9.17, 15) is 14.0 Å². The Bertz CT molecular complexity index is 1020. The lowest BCUT2D eigenvalue weighted by Gasteiger charge is -2.16. The smallest absolute Gasteiger partial charge is 0.254 e. The van der Waals surface area contributed by atoms with Crippen LogP contribution >= 0.6 is 23.1 Å². The van der Waals surface area contributed by atoms with E-state index in [1.807, 2.05) is 18.4 Å². The van der Waals surface area contributed by atoms with Crippen molar-refractivity contribution in [3.8, 4) is 0 Å². The number of benzene rings is 1. The molecule has 0 aliphatic heterocycles. The quantitative estimate of drug-likeness (QED) is 0.512. The molecule has 0 spiro atoms. The van der Waals surface area contributed by atoms with Crippen molar-refractivity contribution in [2.45, 2.75) is 43.8 Å². The number of nitrogens with zero attached hydrogens (tertiary/aromatic N) is 4. The second-order valence-electron chi connectivity index (χ2n) is 6.61. The Morgan fingerprint density at radius 2 is 2.00 bits per heavy atom. The maximum Gasteiger partial charge on any atom is 0.254 e. The van der Waals surface area contributed by atoms with E-state index in [1.165, 1.54) is 41.3 Å². The van der Waals surface area contributed by atoms with Crippen LogP contribution in [0.25, 0.3) is 0 Å². The topological polar surface area (TPSA) is 102 Å². The highest BCUT2D eigenvalue weighted by atomic mass is 32.2. The summed E-state index contributed by atoms with van der Waals surface area (Å²) in [7, 11) is 0. The largest absolute Gasteiger partial charge is 0.345 e. The number of anilines is 1. The number of rotatable bonds is 8. The lowest BCUT2D eigenvalue weighted by molar-refractivity contribution is -0.115. The van der Waals surface area contributed by atoms with Crippen molar-refractivity contribution >= 4 is 40.0 Å². The van der Waals surface area contributed by atoms with Gasteiger partial charge in [0.25, 0.3) is 5.91 Å². The molecule has 0 unspecified atom stereocenters. The van der Waals surface area contributed by atoms with Gasteiger partial charge in [-0.25, -0.2) is 9.37 Å². The Labute approximate surface area is 181 Å². The Morgan fingerprint density at radius 1 is 1.23 bits per heavy atom. The van der Waals surface area contributed by atoms with E-state index < -0.39 is 17.0 Å². The van der Waals surface area contributed by atoms with E-state index in [1.54, 1.807) is 24.6 Å². The average Bonchev–Trinajstić information content (AvgIpc) is 3.36. The number of carbonyl (C=O) groups is 2. The van der Waals surface area contributed by atoms with Crippen molar-refractivity contribution in [2.75, 3.05) is 5.32 Å². The minimum absolute atomic E-state index is 0.00270. The molecule has 0 radical (unpaired) electrons. The van der Waals surface area contributed by atoms with E-state index in [2.05, 4.69) is 25.8 Å². The molecule has 0 bridgehead atoms. The first kappa shape index (κ1) is 21.9. The lowest BCUT2D eigenvalue weighted by Crippen LogP contribution is -2.26. The molecule has 0 aliphatic rings. The minimum Gasteiger partial charge on any atom is -0.345 e. The predicted molar refractivity (Wildman–Crippen MR) is 114 cm³/mol. The van der Waals surface area contributed by atoms with Crippen LogP contribution in [0.2, 0.25) is 0 Å². The molecule has 2 N–H and O–H groups in total. The number of halogens is 1. The molecule has 158 valence electrons. The number of carbonyl (C=O) groups excluding carboxylic acids is 2. The molecule has 11 heteroatoms. The lowest BCUT2D eigenvalue weighted by atomic mass is 10.2. The number of thioether (sulfide) groups is 1. The molecule has 0 fully saturated rings. The Kier molecular flexibility index (Phi) is 7.16. The standard InChI is InChI=1S/C19H21FN6O2S2/c1-11(2)26-15(10-22-17(28)13-6-4-5-7-14(13)20)24-25-19(26)30-12(3)16(27)23-18-21-8-9-29-18/h4-9,11-12H,10H2,1-3H3,(H,22,28)(H,21,23,27)/t12-/m0/s1. The summed E-state index contributed by atoms with van der Waals surface area (Å²) in [6.07, 6.45) is 1.62. The SMILES string of the molecule is CC(C)n1c(CNC(=O)c2ccccc2F)nnc1S[C@@H](C)C(=O)Nc1nccs1. The normalized spacial score (nSPS) is 12.0.